The van der Waals surface area contributed by atoms with Gasteiger partial charge in [-0.15, -0.1) is 0 Å². The van der Waals surface area contributed by atoms with Gasteiger partial charge in [-0.05, 0) is 38.5 Å². The molecule has 0 aromatic rings. The second kappa shape index (κ2) is 50.2. The van der Waals surface area contributed by atoms with Gasteiger partial charge in [-0.2, -0.15) is 0 Å². The molecule has 0 aromatic carbocycles. The molecule has 0 heterocycles. The molecule has 0 aromatic heterocycles. The number of allylic oxidation sites excluding steroid dienone is 2. The van der Waals surface area contributed by atoms with Crippen molar-refractivity contribution >= 4 is 5.97 Å². The van der Waals surface area contributed by atoms with Crippen LogP contribution in [0, 0.1) is 0 Å². The van der Waals surface area contributed by atoms with Gasteiger partial charge in [0.1, 0.15) is 0 Å². The molecular weight excluding hydrogens is 657 g/mol. The molecule has 0 unspecified atom stereocenters. The summed E-state index contributed by atoms with van der Waals surface area (Å²) in [6.45, 7) is 5.21. The predicted molar refractivity (Wildman–Crippen MR) is 244 cm³/mol. The number of unbranched alkanes of at least 4 members (excludes halogenated alkanes) is 42. The zero-order chi connectivity index (χ0) is 38.9. The van der Waals surface area contributed by atoms with Gasteiger partial charge in [0.15, 0.2) is 0 Å². The average molecular weight is 759 g/mol. The van der Waals surface area contributed by atoms with Gasteiger partial charge in [0, 0.05) is 6.42 Å². The summed E-state index contributed by atoms with van der Waals surface area (Å²) in [5, 5.41) is 0. The first-order chi connectivity index (χ1) is 26.8. The van der Waals surface area contributed by atoms with E-state index < -0.39 is 0 Å². The molecule has 0 N–H and O–H groups in total. The van der Waals surface area contributed by atoms with E-state index in [1.165, 1.54) is 276 Å². The Morgan fingerprint density at radius 3 is 0.815 bits per heavy atom. The molecule has 2 heteroatoms. The number of hydrogen-bond donors (Lipinski definition) is 0. The molecule has 0 saturated heterocycles. The smallest absolute Gasteiger partial charge is 0.305 e. The van der Waals surface area contributed by atoms with Crippen molar-refractivity contribution in [1.82, 2.24) is 0 Å². The van der Waals surface area contributed by atoms with E-state index in [1.54, 1.807) is 0 Å². The van der Waals surface area contributed by atoms with Crippen molar-refractivity contribution in [3.05, 3.63) is 12.2 Å². The third-order valence-corrected chi connectivity index (χ3v) is 11.9. The normalized spacial score (nSPS) is 11.7. The van der Waals surface area contributed by atoms with Crippen molar-refractivity contribution in [2.24, 2.45) is 0 Å². The van der Waals surface area contributed by atoms with E-state index in [0.29, 0.717) is 13.0 Å². The number of carbonyl (C=O) groups is 1. The Labute approximate surface area is 342 Å². The van der Waals surface area contributed by atoms with Crippen LogP contribution in [-0.2, 0) is 9.53 Å². The van der Waals surface area contributed by atoms with E-state index in [-0.39, 0.29) is 5.97 Å². The molecule has 0 aliphatic carbocycles. The molecule has 0 amide bonds. The molecule has 0 rings (SSSR count). The first-order valence-electron chi connectivity index (χ1n) is 25.6. The van der Waals surface area contributed by atoms with Crippen LogP contribution in [0.15, 0.2) is 12.2 Å². The Morgan fingerprint density at radius 1 is 0.296 bits per heavy atom. The minimum absolute atomic E-state index is 0.0252. The van der Waals surface area contributed by atoms with Crippen LogP contribution >= 0.6 is 0 Å². The van der Waals surface area contributed by atoms with Crippen molar-refractivity contribution in [3.63, 3.8) is 0 Å². The third-order valence-electron chi connectivity index (χ3n) is 11.9. The largest absolute Gasteiger partial charge is 0.466 e. The quantitative estimate of drug-likeness (QED) is 0.0351. The van der Waals surface area contributed by atoms with Gasteiger partial charge in [0.05, 0.1) is 6.61 Å². The molecule has 0 aliphatic heterocycles. The van der Waals surface area contributed by atoms with Crippen LogP contribution in [0.5, 0.6) is 0 Å². The first-order valence-corrected chi connectivity index (χ1v) is 25.6. The van der Waals surface area contributed by atoms with Crippen LogP contribution in [0.25, 0.3) is 0 Å². The molecule has 2 nitrogen and oxygen atoms in total. The fraction of sp³-hybridized carbons (Fsp3) is 0.942. The van der Waals surface area contributed by atoms with E-state index in [9.17, 15) is 4.79 Å². The average Bonchev–Trinajstić information content (AvgIpc) is 3.18. The van der Waals surface area contributed by atoms with E-state index >= 15 is 0 Å². The van der Waals surface area contributed by atoms with Crippen LogP contribution in [0.1, 0.15) is 309 Å². The van der Waals surface area contributed by atoms with Crippen LogP contribution < -0.4 is 0 Å². The lowest BCUT2D eigenvalue weighted by molar-refractivity contribution is -0.143. The van der Waals surface area contributed by atoms with E-state index in [0.717, 1.165) is 12.8 Å². The summed E-state index contributed by atoms with van der Waals surface area (Å²) in [5.41, 5.74) is 0. The number of esters is 1. The highest BCUT2D eigenvalue weighted by Gasteiger charge is 2.03. The summed E-state index contributed by atoms with van der Waals surface area (Å²) in [6, 6.07) is 0. The maximum atomic E-state index is 12.0. The Bertz CT molecular complexity index is 698. The van der Waals surface area contributed by atoms with Gasteiger partial charge in [0.25, 0.3) is 0 Å². The minimum Gasteiger partial charge on any atom is -0.466 e. The summed E-state index contributed by atoms with van der Waals surface area (Å²) in [7, 11) is 0. The monoisotopic (exact) mass is 759 g/mol. The fourth-order valence-electron chi connectivity index (χ4n) is 8.08. The second-order valence-corrected chi connectivity index (χ2v) is 17.5. The molecule has 54 heavy (non-hydrogen) atoms. The minimum atomic E-state index is 0.0252. The number of rotatable bonds is 48. The third kappa shape index (κ3) is 49.2. The molecule has 0 aliphatic rings. The Balaban J connectivity index is 3.14. The second-order valence-electron chi connectivity index (χ2n) is 17.5. The van der Waals surface area contributed by atoms with Gasteiger partial charge in [-0.1, -0.05) is 276 Å². The van der Waals surface area contributed by atoms with Gasteiger partial charge in [-0.3, -0.25) is 4.79 Å². The van der Waals surface area contributed by atoms with Crippen LogP contribution in [0.3, 0.4) is 0 Å². The number of carbonyl (C=O) groups excluding carboxylic acids is 1. The lowest BCUT2D eigenvalue weighted by Gasteiger charge is -2.06. The van der Waals surface area contributed by atoms with Crippen molar-refractivity contribution in [2.75, 3.05) is 6.61 Å². The molecular formula is C52H102O2. The van der Waals surface area contributed by atoms with Gasteiger partial charge in [0.2, 0.25) is 0 Å². The van der Waals surface area contributed by atoms with Gasteiger partial charge >= 0.3 is 5.97 Å². The Morgan fingerprint density at radius 2 is 0.519 bits per heavy atom. The lowest BCUT2D eigenvalue weighted by Crippen LogP contribution is -2.05. The first kappa shape index (κ1) is 53.2. The summed E-state index contributed by atoms with van der Waals surface area (Å²) in [4.78, 5) is 12.0. The lowest BCUT2D eigenvalue weighted by atomic mass is 10.0. The molecule has 322 valence electrons. The Hall–Kier alpha value is -0.790. The predicted octanol–water partition coefficient (Wildman–Crippen LogP) is 19.1. The highest BCUT2D eigenvalue weighted by atomic mass is 16.5. The maximum Gasteiger partial charge on any atom is 0.305 e. The van der Waals surface area contributed by atoms with Crippen molar-refractivity contribution < 1.29 is 9.53 Å². The van der Waals surface area contributed by atoms with E-state index in [1.807, 2.05) is 0 Å². The van der Waals surface area contributed by atoms with Crippen LogP contribution in [0.2, 0.25) is 0 Å². The number of hydrogen-bond acceptors (Lipinski definition) is 2. The van der Waals surface area contributed by atoms with Crippen LogP contribution in [0.4, 0.5) is 0 Å². The fourth-order valence-corrected chi connectivity index (χ4v) is 8.08. The summed E-state index contributed by atoms with van der Waals surface area (Å²) in [5.74, 6) is 0.0252. The molecule has 0 spiro atoms. The molecule has 0 atom stereocenters. The van der Waals surface area contributed by atoms with Gasteiger partial charge < -0.3 is 4.74 Å². The molecule has 0 bridgehead atoms. The van der Waals surface area contributed by atoms with E-state index in [4.69, 9.17) is 4.74 Å². The molecule has 0 saturated carbocycles. The zero-order valence-corrected chi connectivity index (χ0v) is 37.7. The SMILES string of the molecule is CCCCCC/C=C\CCCCCCCCOC(=O)CCCCCCCCCCCCCCCCCCCCCCCCCCCCCCCCCCC. The van der Waals surface area contributed by atoms with Gasteiger partial charge in [-0.25, -0.2) is 0 Å². The summed E-state index contributed by atoms with van der Waals surface area (Å²) in [6.07, 6.45) is 67.9. The maximum absolute atomic E-state index is 12.0. The molecule has 0 fully saturated rings. The van der Waals surface area contributed by atoms with Crippen molar-refractivity contribution in [2.45, 2.75) is 309 Å². The highest BCUT2D eigenvalue weighted by Crippen LogP contribution is 2.17. The standard InChI is InChI=1S/C52H102O2/c1-3-5-7-9-11-13-15-17-19-20-21-22-23-24-25-26-27-28-29-30-31-32-33-34-35-36-37-38-40-42-44-46-48-50-52(53)54-51-49-47-45-43-41-39-18-16-14-12-10-8-6-4-2/h14,16H,3-13,15,17-51H2,1-2H3/b16-14-. The summed E-state index contributed by atoms with van der Waals surface area (Å²) < 4.78 is 5.47. The zero-order valence-electron chi connectivity index (χ0n) is 37.7. The molecule has 0 radical (unpaired) electrons. The number of ether oxygens (including phenoxy) is 1. The summed E-state index contributed by atoms with van der Waals surface area (Å²) >= 11 is 0. The van der Waals surface area contributed by atoms with E-state index in [2.05, 4.69) is 26.0 Å². The highest BCUT2D eigenvalue weighted by molar-refractivity contribution is 5.69. The topological polar surface area (TPSA) is 26.3 Å². The Kier molecular flexibility index (Phi) is 49.5. The van der Waals surface area contributed by atoms with Crippen LogP contribution in [-0.4, -0.2) is 12.6 Å². The van der Waals surface area contributed by atoms with Crippen molar-refractivity contribution in [1.29, 1.82) is 0 Å². The van der Waals surface area contributed by atoms with Crippen molar-refractivity contribution in [3.8, 4) is 0 Å².